The maximum Gasteiger partial charge on any atom is 0.178 e. The number of rotatable bonds is 6. The zero-order valence-corrected chi connectivity index (χ0v) is 12.5. The molecule has 2 rings (SSSR count). The van der Waals surface area contributed by atoms with E-state index in [1.54, 1.807) is 17.6 Å². The van der Waals surface area contributed by atoms with Crippen LogP contribution in [0, 0.1) is 5.82 Å². The Labute approximate surface area is 120 Å². The summed E-state index contributed by atoms with van der Waals surface area (Å²) >= 11 is 3.02. The number of hydrogen-bond acceptors (Lipinski definition) is 5. The van der Waals surface area contributed by atoms with Crippen LogP contribution >= 0.6 is 23.1 Å². The van der Waals surface area contributed by atoms with E-state index < -0.39 is 0 Å². The third-order valence-electron chi connectivity index (χ3n) is 2.68. The van der Waals surface area contributed by atoms with Crippen molar-refractivity contribution in [2.24, 2.45) is 0 Å². The molecule has 1 atom stereocenters. The second-order valence-corrected chi connectivity index (χ2v) is 6.29. The molecule has 1 N–H and O–H groups in total. The van der Waals surface area contributed by atoms with Crippen molar-refractivity contribution < 1.29 is 4.39 Å². The Bertz CT molecular complexity index is 517. The van der Waals surface area contributed by atoms with Crippen molar-refractivity contribution >= 4 is 23.1 Å². The SMILES string of the molecule is CCCNC(C)c1cc(F)ccc1Sc1nncs1. The first-order valence-corrected chi connectivity index (χ1v) is 7.87. The van der Waals surface area contributed by atoms with Gasteiger partial charge in [-0.05, 0) is 43.7 Å². The molecule has 0 bridgehead atoms. The van der Waals surface area contributed by atoms with Gasteiger partial charge < -0.3 is 5.32 Å². The van der Waals surface area contributed by atoms with Gasteiger partial charge in [-0.3, -0.25) is 0 Å². The summed E-state index contributed by atoms with van der Waals surface area (Å²) in [6.45, 7) is 5.08. The quantitative estimate of drug-likeness (QED) is 0.878. The van der Waals surface area contributed by atoms with Crippen LogP contribution in [0.1, 0.15) is 31.9 Å². The minimum absolute atomic E-state index is 0.117. The molecule has 1 heterocycles. The van der Waals surface area contributed by atoms with Crippen molar-refractivity contribution in [3.63, 3.8) is 0 Å². The van der Waals surface area contributed by atoms with Crippen LogP contribution in [0.3, 0.4) is 0 Å². The molecule has 1 aromatic heterocycles. The van der Waals surface area contributed by atoms with Crippen LogP contribution in [-0.2, 0) is 0 Å². The fourth-order valence-corrected chi connectivity index (χ4v) is 3.36. The van der Waals surface area contributed by atoms with Crippen LogP contribution in [0.2, 0.25) is 0 Å². The first-order chi connectivity index (χ1) is 9.20. The number of hydrogen-bond donors (Lipinski definition) is 1. The van der Waals surface area contributed by atoms with Crippen LogP contribution in [0.4, 0.5) is 4.39 Å². The van der Waals surface area contributed by atoms with Gasteiger partial charge in [0.1, 0.15) is 11.3 Å². The molecule has 6 heteroatoms. The van der Waals surface area contributed by atoms with Crippen LogP contribution in [0.25, 0.3) is 0 Å². The molecule has 19 heavy (non-hydrogen) atoms. The van der Waals surface area contributed by atoms with E-state index in [2.05, 4.69) is 29.4 Å². The Hall–Kier alpha value is -0.980. The van der Waals surface area contributed by atoms with Gasteiger partial charge in [-0.2, -0.15) is 0 Å². The van der Waals surface area contributed by atoms with Crippen molar-refractivity contribution in [3.8, 4) is 0 Å². The van der Waals surface area contributed by atoms with Crippen molar-refractivity contribution in [2.45, 2.75) is 35.5 Å². The molecule has 0 saturated carbocycles. The highest BCUT2D eigenvalue weighted by atomic mass is 32.2. The fraction of sp³-hybridized carbons (Fsp3) is 0.385. The molecule has 0 saturated heterocycles. The van der Waals surface area contributed by atoms with Crippen LogP contribution < -0.4 is 5.32 Å². The van der Waals surface area contributed by atoms with Crippen molar-refractivity contribution in [1.29, 1.82) is 0 Å². The summed E-state index contributed by atoms with van der Waals surface area (Å²) in [5.74, 6) is -0.207. The Kier molecular flexibility index (Phi) is 5.30. The summed E-state index contributed by atoms with van der Waals surface area (Å²) in [6, 6.07) is 5.00. The molecule has 0 spiro atoms. The van der Waals surface area contributed by atoms with Crippen LogP contribution in [0.15, 0.2) is 32.9 Å². The van der Waals surface area contributed by atoms with Gasteiger partial charge in [0.25, 0.3) is 0 Å². The van der Waals surface area contributed by atoms with Crippen molar-refractivity contribution in [1.82, 2.24) is 15.5 Å². The number of nitrogens with one attached hydrogen (secondary N) is 1. The Morgan fingerprint density at radius 3 is 3.00 bits per heavy atom. The minimum Gasteiger partial charge on any atom is -0.310 e. The number of nitrogens with zero attached hydrogens (tertiary/aromatic N) is 2. The molecule has 1 aromatic carbocycles. The van der Waals surface area contributed by atoms with Crippen molar-refractivity contribution in [2.75, 3.05) is 6.54 Å². The van der Waals surface area contributed by atoms with E-state index in [9.17, 15) is 4.39 Å². The molecule has 0 radical (unpaired) electrons. The van der Waals surface area contributed by atoms with Gasteiger partial charge >= 0.3 is 0 Å². The lowest BCUT2D eigenvalue weighted by Crippen LogP contribution is -2.20. The van der Waals surface area contributed by atoms with E-state index >= 15 is 0 Å². The van der Waals surface area contributed by atoms with E-state index in [0.717, 1.165) is 27.8 Å². The zero-order chi connectivity index (χ0) is 13.7. The Balaban J connectivity index is 2.22. The molecular weight excluding hydrogens is 281 g/mol. The van der Waals surface area contributed by atoms with Gasteiger partial charge in [0.2, 0.25) is 0 Å². The highest BCUT2D eigenvalue weighted by Gasteiger charge is 2.13. The molecule has 3 nitrogen and oxygen atoms in total. The Morgan fingerprint density at radius 1 is 1.47 bits per heavy atom. The van der Waals surface area contributed by atoms with Gasteiger partial charge in [-0.25, -0.2) is 4.39 Å². The topological polar surface area (TPSA) is 37.8 Å². The molecule has 0 aliphatic rings. The van der Waals surface area contributed by atoms with Gasteiger partial charge in [-0.15, -0.1) is 10.2 Å². The summed E-state index contributed by atoms with van der Waals surface area (Å²) < 4.78 is 14.3. The second kappa shape index (κ2) is 6.98. The monoisotopic (exact) mass is 297 g/mol. The lowest BCUT2D eigenvalue weighted by molar-refractivity contribution is 0.554. The normalized spacial score (nSPS) is 12.6. The maximum atomic E-state index is 13.4. The fourth-order valence-electron chi connectivity index (χ4n) is 1.72. The predicted molar refractivity (Wildman–Crippen MR) is 77.1 cm³/mol. The largest absolute Gasteiger partial charge is 0.310 e. The molecule has 0 aliphatic carbocycles. The third-order valence-corrected chi connectivity index (χ3v) is 4.55. The highest BCUT2D eigenvalue weighted by Crippen LogP contribution is 2.34. The van der Waals surface area contributed by atoms with Crippen LogP contribution in [0.5, 0.6) is 0 Å². The van der Waals surface area contributed by atoms with Crippen LogP contribution in [-0.4, -0.2) is 16.7 Å². The van der Waals surface area contributed by atoms with E-state index in [0.29, 0.717) is 0 Å². The standard InChI is InChI=1S/C13H16FN3S2/c1-3-6-15-9(2)11-7-10(14)4-5-12(11)19-13-17-16-8-18-13/h4-5,7-9,15H,3,6H2,1-2H3. The summed E-state index contributed by atoms with van der Waals surface area (Å²) in [5, 5.41) is 11.2. The van der Waals surface area contributed by atoms with E-state index in [4.69, 9.17) is 0 Å². The molecule has 0 amide bonds. The molecule has 0 aliphatic heterocycles. The first kappa shape index (κ1) is 14.4. The first-order valence-electron chi connectivity index (χ1n) is 6.17. The molecule has 0 fully saturated rings. The van der Waals surface area contributed by atoms with E-state index in [-0.39, 0.29) is 11.9 Å². The number of halogens is 1. The van der Waals surface area contributed by atoms with Gasteiger partial charge in [-0.1, -0.05) is 30.0 Å². The average molecular weight is 297 g/mol. The highest BCUT2D eigenvalue weighted by molar-refractivity contribution is 8.01. The van der Waals surface area contributed by atoms with E-state index in [1.807, 2.05) is 0 Å². The maximum absolute atomic E-state index is 13.4. The molecular formula is C13H16FN3S2. The lowest BCUT2D eigenvalue weighted by atomic mass is 10.1. The van der Waals surface area contributed by atoms with Gasteiger partial charge in [0, 0.05) is 10.9 Å². The molecule has 102 valence electrons. The minimum atomic E-state index is -0.207. The van der Waals surface area contributed by atoms with Gasteiger partial charge in [0.15, 0.2) is 4.34 Å². The average Bonchev–Trinajstić information content (AvgIpc) is 2.91. The second-order valence-electron chi connectivity index (χ2n) is 4.16. The smallest absolute Gasteiger partial charge is 0.178 e. The number of aromatic nitrogens is 2. The number of benzene rings is 1. The predicted octanol–water partition coefficient (Wildman–Crippen LogP) is 3.89. The summed E-state index contributed by atoms with van der Waals surface area (Å²) in [7, 11) is 0. The lowest BCUT2D eigenvalue weighted by Gasteiger charge is -2.17. The molecule has 2 aromatic rings. The summed E-state index contributed by atoms with van der Waals surface area (Å²) in [6.07, 6.45) is 1.05. The van der Waals surface area contributed by atoms with Gasteiger partial charge in [0.05, 0.1) is 0 Å². The Morgan fingerprint density at radius 2 is 2.32 bits per heavy atom. The van der Waals surface area contributed by atoms with Crippen molar-refractivity contribution in [3.05, 3.63) is 35.1 Å². The summed E-state index contributed by atoms with van der Waals surface area (Å²) in [5.41, 5.74) is 2.67. The van der Waals surface area contributed by atoms with E-state index in [1.165, 1.54) is 29.2 Å². The molecule has 1 unspecified atom stereocenters. The third kappa shape index (κ3) is 3.99. The summed E-state index contributed by atoms with van der Waals surface area (Å²) in [4.78, 5) is 1.02. The zero-order valence-electron chi connectivity index (χ0n) is 10.9.